The minimum atomic E-state index is -0.493. The summed E-state index contributed by atoms with van der Waals surface area (Å²) >= 11 is 0. The zero-order valence-electron chi connectivity index (χ0n) is 11.5. The largest absolute Gasteiger partial charge is 0.508 e. The average molecular weight is 284 g/mol. The van der Waals surface area contributed by atoms with Crippen LogP contribution in [0.15, 0.2) is 27.4 Å². The predicted octanol–water partition coefficient (Wildman–Crippen LogP) is 3.00. The number of phenols is 1. The number of aryl methyl sites for hydroxylation is 2. The maximum Gasteiger partial charge on any atom is 0.348 e. The first-order chi connectivity index (χ1) is 10.1. The summed E-state index contributed by atoms with van der Waals surface area (Å²) in [6.45, 7) is 3.68. The summed E-state index contributed by atoms with van der Waals surface area (Å²) in [6.07, 6.45) is 0. The number of hydrogen-bond donors (Lipinski definition) is 1. The van der Waals surface area contributed by atoms with Crippen LogP contribution in [0.3, 0.4) is 0 Å². The minimum Gasteiger partial charge on any atom is -0.508 e. The van der Waals surface area contributed by atoms with E-state index in [1.54, 1.807) is 19.1 Å². The second-order valence-electron chi connectivity index (χ2n) is 5.15. The van der Waals surface area contributed by atoms with Gasteiger partial charge >= 0.3 is 5.63 Å². The Bertz CT molecular complexity index is 968. The standard InChI is InChI=1S/C16H12O5/c1-7-5-10(17)8(2)14-12(7)9-3-4-11-15(20-6-19-11)13(9)16(18)21-14/h3-5,17H,6H2,1-2H3. The van der Waals surface area contributed by atoms with Crippen LogP contribution in [0.1, 0.15) is 11.1 Å². The van der Waals surface area contributed by atoms with Gasteiger partial charge in [-0.3, -0.25) is 0 Å². The maximum absolute atomic E-state index is 12.3. The number of fused-ring (bicyclic) bond motifs is 5. The van der Waals surface area contributed by atoms with Crippen LogP contribution in [0.2, 0.25) is 0 Å². The monoisotopic (exact) mass is 284 g/mol. The number of phenolic OH excluding ortho intramolecular Hbond substituents is 1. The van der Waals surface area contributed by atoms with E-state index in [0.717, 1.165) is 16.3 Å². The second-order valence-corrected chi connectivity index (χ2v) is 5.15. The first kappa shape index (κ1) is 12.1. The van der Waals surface area contributed by atoms with Gasteiger partial charge in [0, 0.05) is 16.3 Å². The van der Waals surface area contributed by atoms with Gasteiger partial charge in [-0.15, -0.1) is 0 Å². The highest BCUT2D eigenvalue weighted by atomic mass is 16.7. The third-order valence-electron chi connectivity index (χ3n) is 3.91. The van der Waals surface area contributed by atoms with E-state index < -0.39 is 5.63 Å². The quantitative estimate of drug-likeness (QED) is 0.507. The van der Waals surface area contributed by atoms with Gasteiger partial charge in [0.15, 0.2) is 11.5 Å². The van der Waals surface area contributed by atoms with Crippen LogP contribution >= 0.6 is 0 Å². The molecule has 2 heterocycles. The van der Waals surface area contributed by atoms with Gasteiger partial charge in [0.1, 0.15) is 16.7 Å². The minimum absolute atomic E-state index is 0.0967. The van der Waals surface area contributed by atoms with Crippen molar-refractivity contribution >= 4 is 21.7 Å². The molecule has 1 aliphatic rings. The lowest BCUT2D eigenvalue weighted by molar-refractivity contribution is 0.174. The van der Waals surface area contributed by atoms with Crippen molar-refractivity contribution in [3.63, 3.8) is 0 Å². The lowest BCUT2D eigenvalue weighted by atomic mass is 9.99. The molecule has 2 aromatic carbocycles. The van der Waals surface area contributed by atoms with E-state index in [9.17, 15) is 9.90 Å². The molecule has 0 saturated heterocycles. The highest BCUT2D eigenvalue weighted by molar-refractivity contribution is 6.10. The van der Waals surface area contributed by atoms with Gasteiger partial charge in [-0.2, -0.15) is 0 Å². The third kappa shape index (κ3) is 1.48. The molecular weight excluding hydrogens is 272 g/mol. The number of benzene rings is 2. The lowest BCUT2D eigenvalue weighted by Gasteiger charge is -2.10. The molecule has 1 aliphatic heterocycles. The molecule has 0 unspecified atom stereocenters. The molecule has 1 aromatic heterocycles. The molecule has 0 aliphatic carbocycles. The number of rotatable bonds is 0. The smallest absolute Gasteiger partial charge is 0.348 e. The Morgan fingerprint density at radius 3 is 2.76 bits per heavy atom. The summed E-state index contributed by atoms with van der Waals surface area (Å²) in [5.41, 5.74) is 1.30. The normalized spacial score (nSPS) is 13.2. The van der Waals surface area contributed by atoms with Gasteiger partial charge < -0.3 is 19.0 Å². The van der Waals surface area contributed by atoms with E-state index in [0.29, 0.717) is 28.0 Å². The molecule has 0 spiro atoms. The number of aromatic hydroxyl groups is 1. The summed E-state index contributed by atoms with van der Waals surface area (Å²) in [5, 5.41) is 11.8. The topological polar surface area (TPSA) is 68.9 Å². The SMILES string of the molecule is Cc1c(O)cc(C)c2c1oc(=O)c1c3c(ccc12)OCO3. The van der Waals surface area contributed by atoms with E-state index in [4.69, 9.17) is 13.9 Å². The van der Waals surface area contributed by atoms with Gasteiger partial charge in [0.2, 0.25) is 6.79 Å². The van der Waals surface area contributed by atoms with Crippen LogP contribution in [0.5, 0.6) is 17.2 Å². The van der Waals surface area contributed by atoms with E-state index >= 15 is 0 Å². The first-order valence-corrected chi connectivity index (χ1v) is 6.56. The Kier molecular flexibility index (Phi) is 2.25. The molecule has 0 amide bonds. The van der Waals surface area contributed by atoms with Crippen LogP contribution in [0.4, 0.5) is 0 Å². The molecule has 0 saturated carbocycles. The Morgan fingerprint density at radius 2 is 1.95 bits per heavy atom. The first-order valence-electron chi connectivity index (χ1n) is 6.56. The molecule has 0 radical (unpaired) electrons. The van der Waals surface area contributed by atoms with Crippen molar-refractivity contribution < 1.29 is 19.0 Å². The van der Waals surface area contributed by atoms with E-state index in [1.165, 1.54) is 0 Å². The summed E-state index contributed by atoms with van der Waals surface area (Å²) in [4.78, 5) is 12.3. The molecule has 5 heteroatoms. The molecule has 21 heavy (non-hydrogen) atoms. The molecule has 1 N–H and O–H groups in total. The van der Waals surface area contributed by atoms with Crippen molar-refractivity contribution in [3.05, 3.63) is 39.7 Å². The Morgan fingerprint density at radius 1 is 1.14 bits per heavy atom. The number of ether oxygens (including phenoxy) is 2. The fourth-order valence-electron chi connectivity index (χ4n) is 2.86. The van der Waals surface area contributed by atoms with E-state index in [1.807, 2.05) is 13.0 Å². The van der Waals surface area contributed by atoms with Crippen molar-refractivity contribution in [2.75, 3.05) is 6.79 Å². The van der Waals surface area contributed by atoms with Crippen LogP contribution in [0, 0.1) is 13.8 Å². The predicted molar refractivity (Wildman–Crippen MR) is 77.3 cm³/mol. The van der Waals surface area contributed by atoms with Crippen molar-refractivity contribution in [3.8, 4) is 17.2 Å². The summed E-state index contributed by atoms with van der Waals surface area (Å²) < 4.78 is 16.1. The van der Waals surface area contributed by atoms with E-state index in [-0.39, 0.29) is 12.5 Å². The highest BCUT2D eigenvalue weighted by Crippen LogP contribution is 2.41. The molecule has 0 fully saturated rings. The maximum atomic E-state index is 12.3. The summed E-state index contributed by atoms with van der Waals surface area (Å²) in [5.74, 6) is 1.08. The molecular formula is C16H12O5. The zero-order chi connectivity index (χ0) is 14.7. The molecule has 3 aromatic rings. The van der Waals surface area contributed by atoms with Crippen molar-refractivity contribution in [1.29, 1.82) is 0 Å². The average Bonchev–Trinajstić information content (AvgIpc) is 2.92. The van der Waals surface area contributed by atoms with Crippen LogP contribution < -0.4 is 15.1 Å². The fraction of sp³-hybridized carbons (Fsp3) is 0.188. The second kappa shape index (κ2) is 3.91. The summed E-state index contributed by atoms with van der Waals surface area (Å²) in [7, 11) is 0. The van der Waals surface area contributed by atoms with Gasteiger partial charge in [-0.1, -0.05) is 0 Å². The molecule has 106 valence electrons. The fourth-order valence-corrected chi connectivity index (χ4v) is 2.86. The molecule has 0 bridgehead atoms. The molecule has 4 rings (SSSR count). The van der Waals surface area contributed by atoms with Crippen LogP contribution in [0.25, 0.3) is 21.7 Å². The van der Waals surface area contributed by atoms with Crippen molar-refractivity contribution in [2.24, 2.45) is 0 Å². The van der Waals surface area contributed by atoms with Crippen molar-refractivity contribution in [1.82, 2.24) is 0 Å². The molecule has 0 atom stereocenters. The Labute approximate surface area is 119 Å². The lowest BCUT2D eigenvalue weighted by Crippen LogP contribution is -2.03. The number of hydrogen-bond acceptors (Lipinski definition) is 5. The molecule has 5 nitrogen and oxygen atoms in total. The third-order valence-corrected chi connectivity index (χ3v) is 3.91. The van der Waals surface area contributed by atoms with Gasteiger partial charge in [0.25, 0.3) is 0 Å². The van der Waals surface area contributed by atoms with E-state index in [2.05, 4.69) is 0 Å². The highest BCUT2D eigenvalue weighted by Gasteiger charge is 2.23. The van der Waals surface area contributed by atoms with Crippen LogP contribution in [-0.2, 0) is 0 Å². The Balaban J connectivity index is 2.32. The zero-order valence-corrected chi connectivity index (χ0v) is 11.5. The van der Waals surface area contributed by atoms with Gasteiger partial charge in [0.05, 0.1) is 0 Å². The van der Waals surface area contributed by atoms with Crippen LogP contribution in [-0.4, -0.2) is 11.9 Å². The summed E-state index contributed by atoms with van der Waals surface area (Å²) in [6, 6.07) is 5.28. The van der Waals surface area contributed by atoms with Crippen molar-refractivity contribution in [2.45, 2.75) is 13.8 Å². The van der Waals surface area contributed by atoms with Gasteiger partial charge in [-0.25, -0.2) is 4.79 Å². The Hall–Kier alpha value is -2.69. The van der Waals surface area contributed by atoms with Gasteiger partial charge in [-0.05, 0) is 37.6 Å².